The van der Waals surface area contributed by atoms with Crippen LogP contribution >= 0.6 is 0 Å². The Labute approximate surface area is 137 Å². The molecule has 0 saturated carbocycles. The number of nitrogens with zero attached hydrogens (tertiary/aromatic N) is 4. The van der Waals surface area contributed by atoms with Crippen molar-refractivity contribution in [1.29, 1.82) is 0 Å². The Kier molecular flexibility index (Phi) is 5.56. The van der Waals surface area contributed by atoms with Crippen LogP contribution in [0.25, 0.3) is 0 Å². The molecule has 122 valence electrons. The van der Waals surface area contributed by atoms with E-state index < -0.39 is 0 Å². The van der Waals surface area contributed by atoms with Gasteiger partial charge in [-0.15, -0.1) is 0 Å². The average Bonchev–Trinajstić information content (AvgIpc) is 2.59. The maximum atomic E-state index is 5.61. The lowest BCUT2D eigenvalue weighted by atomic mass is 10.1. The van der Waals surface area contributed by atoms with Crippen LogP contribution in [0.1, 0.15) is 12.0 Å². The maximum absolute atomic E-state index is 5.61. The second-order valence-electron chi connectivity index (χ2n) is 6.03. The van der Waals surface area contributed by atoms with E-state index in [9.17, 15) is 0 Å². The molecule has 0 radical (unpaired) electrons. The summed E-state index contributed by atoms with van der Waals surface area (Å²) in [7, 11) is 2.20. The molecule has 0 N–H and O–H groups in total. The van der Waals surface area contributed by atoms with Gasteiger partial charge < -0.3 is 14.5 Å². The van der Waals surface area contributed by atoms with Crippen molar-refractivity contribution in [3.63, 3.8) is 0 Å². The molecule has 2 heterocycles. The summed E-state index contributed by atoms with van der Waals surface area (Å²) in [5.74, 6) is 0.777. The minimum absolute atomic E-state index is 0.385. The quantitative estimate of drug-likeness (QED) is 0.819. The SMILES string of the molecule is CN1CCN(CCCc2ccc(Oc3ncccn3)cc2)CC1. The van der Waals surface area contributed by atoms with E-state index in [2.05, 4.69) is 38.9 Å². The van der Waals surface area contributed by atoms with Crippen molar-refractivity contribution >= 4 is 0 Å². The summed E-state index contributed by atoms with van der Waals surface area (Å²) < 4.78 is 5.61. The topological polar surface area (TPSA) is 41.5 Å². The first-order chi connectivity index (χ1) is 11.3. The smallest absolute Gasteiger partial charge is 0.321 e. The van der Waals surface area contributed by atoms with Gasteiger partial charge in [0.25, 0.3) is 0 Å². The molecular weight excluding hydrogens is 288 g/mol. The third kappa shape index (κ3) is 5.01. The van der Waals surface area contributed by atoms with Crippen LogP contribution in [0, 0.1) is 0 Å². The summed E-state index contributed by atoms with van der Waals surface area (Å²) in [5, 5.41) is 0. The fraction of sp³-hybridized carbons (Fsp3) is 0.444. The van der Waals surface area contributed by atoms with Crippen molar-refractivity contribution in [3.8, 4) is 11.8 Å². The van der Waals surface area contributed by atoms with Gasteiger partial charge in [0.2, 0.25) is 0 Å². The standard InChI is InChI=1S/C18H24N4O/c1-21-12-14-22(15-13-21)11-2-4-16-5-7-17(8-6-16)23-18-19-9-3-10-20-18/h3,5-10H,2,4,11-15H2,1H3. The number of benzene rings is 1. The Morgan fingerprint density at radius 3 is 2.39 bits per heavy atom. The van der Waals surface area contributed by atoms with Crippen molar-refractivity contribution in [1.82, 2.24) is 19.8 Å². The summed E-state index contributed by atoms with van der Waals surface area (Å²) in [4.78, 5) is 13.1. The van der Waals surface area contributed by atoms with E-state index in [1.165, 1.54) is 44.7 Å². The maximum Gasteiger partial charge on any atom is 0.321 e. The molecule has 0 amide bonds. The van der Waals surface area contributed by atoms with Crippen LogP contribution in [0.4, 0.5) is 0 Å². The van der Waals surface area contributed by atoms with Crippen LogP contribution in [0.2, 0.25) is 0 Å². The number of aromatic nitrogens is 2. The Hall–Kier alpha value is -1.98. The molecule has 1 aromatic carbocycles. The zero-order valence-electron chi connectivity index (χ0n) is 13.7. The summed E-state index contributed by atoms with van der Waals surface area (Å²) in [6.07, 6.45) is 5.66. The largest absolute Gasteiger partial charge is 0.424 e. The van der Waals surface area contributed by atoms with Crippen molar-refractivity contribution in [2.75, 3.05) is 39.8 Å². The van der Waals surface area contributed by atoms with Gasteiger partial charge >= 0.3 is 6.01 Å². The van der Waals surface area contributed by atoms with Crippen molar-refractivity contribution in [2.45, 2.75) is 12.8 Å². The highest BCUT2D eigenvalue weighted by molar-refractivity contribution is 5.29. The van der Waals surface area contributed by atoms with Crippen LogP contribution in [-0.4, -0.2) is 59.5 Å². The van der Waals surface area contributed by atoms with Crippen LogP contribution < -0.4 is 4.74 Å². The van der Waals surface area contributed by atoms with E-state index in [0.29, 0.717) is 6.01 Å². The predicted molar refractivity (Wildman–Crippen MR) is 90.8 cm³/mol. The van der Waals surface area contributed by atoms with Crippen LogP contribution in [0.5, 0.6) is 11.8 Å². The number of aryl methyl sites for hydroxylation is 1. The molecule has 0 unspecified atom stereocenters. The summed E-state index contributed by atoms with van der Waals surface area (Å²) in [6.45, 7) is 5.95. The van der Waals surface area contributed by atoms with Gasteiger partial charge in [0.15, 0.2) is 0 Å². The monoisotopic (exact) mass is 312 g/mol. The number of likely N-dealkylation sites (N-methyl/N-ethyl adjacent to an activating group) is 1. The van der Waals surface area contributed by atoms with Crippen LogP contribution in [0.15, 0.2) is 42.7 Å². The van der Waals surface area contributed by atoms with Crippen molar-refractivity contribution in [2.24, 2.45) is 0 Å². The molecule has 1 aliphatic heterocycles. The predicted octanol–water partition coefficient (Wildman–Crippen LogP) is 2.45. The van der Waals surface area contributed by atoms with Gasteiger partial charge in [0, 0.05) is 38.6 Å². The highest BCUT2D eigenvalue weighted by atomic mass is 16.5. The zero-order chi connectivity index (χ0) is 15.9. The summed E-state index contributed by atoms with van der Waals surface area (Å²) >= 11 is 0. The molecule has 1 aliphatic rings. The molecule has 23 heavy (non-hydrogen) atoms. The molecule has 5 heteroatoms. The number of piperazine rings is 1. The molecule has 1 saturated heterocycles. The average molecular weight is 312 g/mol. The molecular formula is C18H24N4O. The number of rotatable bonds is 6. The molecule has 1 aromatic heterocycles. The van der Waals surface area contributed by atoms with Gasteiger partial charge in [-0.3, -0.25) is 0 Å². The number of ether oxygens (including phenoxy) is 1. The highest BCUT2D eigenvalue weighted by Crippen LogP contribution is 2.18. The van der Waals surface area contributed by atoms with E-state index in [1.54, 1.807) is 18.5 Å². The normalized spacial score (nSPS) is 16.4. The Balaban J connectivity index is 1.42. The lowest BCUT2D eigenvalue weighted by Crippen LogP contribution is -2.44. The third-order valence-electron chi connectivity index (χ3n) is 4.21. The lowest BCUT2D eigenvalue weighted by molar-refractivity contribution is 0.153. The van der Waals surface area contributed by atoms with E-state index in [-0.39, 0.29) is 0 Å². The van der Waals surface area contributed by atoms with Crippen molar-refractivity contribution in [3.05, 3.63) is 48.3 Å². The van der Waals surface area contributed by atoms with Gasteiger partial charge in [-0.2, -0.15) is 0 Å². The summed E-state index contributed by atoms with van der Waals surface area (Å²) in [5.41, 5.74) is 1.35. The third-order valence-corrected chi connectivity index (χ3v) is 4.21. The van der Waals surface area contributed by atoms with E-state index in [4.69, 9.17) is 4.74 Å². The minimum atomic E-state index is 0.385. The Morgan fingerprint density at radius 1 is 1.00 bits per heavy atom. The van der Waals surface area contributed by atoms with E-state index in [0.717, 1.165) is 12.2 Å². The van der Waals surface area contributed by atoms with E-state index in [1.807, 2.05) is 12.1 Å². The second-order valence-corrected chi connectivity index (χ2v) is 6.03. The molecule has 2 aromatic rings. The van der Waals surface area contributed by atoms with Gasteiger partial charge in [-0.05, 0) is 50.2 Å². The fourth-order valence-corrected chi connectivity index (χ4v) is 2.75. The fourth-order valence-electron chi connectivity index (χ4n) is 2.75. The first-order valence-corrected chi connectivity index (χ1v) is 8.24. The summed E-state index contributed by atoms with van der Waals surface area (Å²) in [6, 6.07) is 10.4. The van der Waals surface area contributed by atoms with Gasteiger partial charge in [0.1, 0.15) is 5.75 Å². The second kappa shape index (κ2) is 8.04. The Bertz CT molecular complexity index is 580. The molecule has 0 spiro atoms. The van der Waals surface area contributed by atoms with Crippen molar-refractivity contribution < 1.29 is 4.74 Å². The minimum Gasteiger partial charge on any atom is -0.424 e. The number of hydrogen-bond donors (Lipinski definition) is 0. The Morgan fingerprint density at radius 2 is 1.70 bits per heavy atom. The van der Waals surface area contributed by atoms with Gasteiger partial charge in [0.05, 0.1) is 0 Å². The van der Waals surface area contributed by atoms with Crippen LogP contribution in [0.3, 0.4) is 0 Å². The highest BCUT2D eigenvalue weighted by Gasteiger charge is 2.12. The molecule has 0 bridgehead atoms. The molecule has 3 rings (SSSR count). The first kappa shape index (κ1) is 15.9. The van der Waals surface area contributed by atoms with Crippen LogP contribution in [-0.2, 0) is 6.42 Å². The molecule has 0 aliphatic carbocycles. The number of hydrogen-bond acceptors (Lipinski definition) is 5. The van der Waals surface area contributed by atoms with E-state index >= 15 is 0 Å². The molecule has 5 nitrogen and oxygen atoms in total. The first-order valence-electron chi connectivity index (χ1n) is 8.24. The molecule has 1 fully saturated rings. The lowest BCUT2D eigenvalue weighted by Gasteiger charge is -2.32. The van der Waals surface area contributed by atoms with Gasteiger partial charge in [-0.25, -0.2) is 9.97 Å². The molecule has 0 atom stereocenters. The van der Waals surface area contributed by atoms with Gasteiger partial charge in [-0.1, -0.05) is 12.1 Å². The zero-order valence-corrected chi connectivity index (χ0v) is 13.7.